The SMILES string of the molecule is Cc1nccn1-c1nccc(CCNCCCc2cccc(F)c2)n1.Cl. The van der Waals surface area contributed by atoms with Gasteiger partial charge in [-0.3, -0.25) is 4.57 Å². The van der Waals surface area contributed by atoms with Gasteiger partial charge in [-0.15, -0.1) is 12.4 Å². The van der Waals surface area contributed by atoms with Gasteiger partial charge in [-0.05, 0) is 50.1 Å². The molecule has 1 N–H and O–H groups in total. The molecule has 0 aliphatic heterocycles. The summed E-state index contributed by atoms with van der Waals surface area (Å²) in [6, 6.07) is 8.73. The largest absolute Gasteiger partial charge is 0.316 e. The van der Waals surface area contributed by atoms with E-state index in [-0.39, 0.29) is 18.2 Å². The van der Waals surface area contributed by atoms with Crippen LogP contribution in [0, 0.1) is 12.7 Å². The fraction of sp³-hybridized carbons (Fsp3) is 0.316. The molecule has 138 valence electrons. The smallest absolute Gasteiger partial charge is 0.235 e. The Kier molecular flexibility index (Phi) is 7.69. The number of aryl methyl sites for hydroxylation is 2. The van der Waals surface area contributed by atoms with Crippen LogP contribution in [0.1, 0.15) is 23.5 Å². The predicted octanol–water partition coefficient (Wildman–Crippen LogP) is 3.30. The van der Waals surface area contributed by atoms with E-state index < -0.39 is 0 Å². The molecule has 0 bridgehead atoms. The minimum absolute atomic E-state index is 0. The summed E-state index contributed by atoms with van der Waals surface area (Å²) < 4.78 is 15.0. The summed E-state index contributed by atoms with van der Waals surface area (Å²) in [4.78, 5) is 13.1. The van der Waals surface area contributed by atoms with Crippen molar-refractivity contribution in [3.8, 4) is 5.95 Å². The van der Waals surface area contributed by atoms with Gasteiger partial charge in [0, 0.05) is 37.3 Å². The summed E-state index contributed by atoms with van der Waals surface area (Å²) in [6.45, 7) is 3.67. The Labute approximate surface area is 159 Å². The highest BCUT2D eigenvalue weighted by atomic mass is 35.5. The van der Waals surface area contributed by atoms with Gasteiger partial charge in [0.1, 0.15) is 11.6 Å². The van der Waals surface area contributed by atoms with Crippen LogP contribution >= 0.6 is 12.4 Å². The lowest BCUT2D eigenvalue weighted by molar-refractivity contribution is 0.619. The maximum atomic E-state index is 13.1. The summed E-state index contributed by atoms with van der Waals surface area (Å²) in [6.07, 6.45) is 8.07. The van der Waals surface area contributed by atoms with Gasteiger partial charge >= 0.3 is 0 Å². The summed E-state index contributed by atoms with van der Waals surface area (Å²) in [5.41, 5.74) is 2.04. The molecule has 0 amide bonds. The minimum atomic E-state index is -0.168. The average molecular weight is 376 g/mol. The second kappa shape index (κ2) is 9.99. The number of imidazole rings is 1. The molecule has 1 aromatic carbocycles. The lowest BCUT2D eigenvalue weighted by atomic mass is 10.1. The second-order valence-corrected chi connectivity index (χ2v) is 5.93. The van der Waals surface area contributed by atoms with Gasteiger partial charge in [-0.25, -0.2) is 19.3 Å². The van der Waals surface area contributed by atoms with Crippen molar-refractivity contribution in [1.82, 2.24) is 24.8 Å². The first-order valence-corrected chi connectivity index (χ1v) is 8.50. The number of benzene rings is 1. The molecule has 0 unspecified atom stereocenters. The van der Waals surface area contributed by atoms with Crippen LogP contribution in [0.25, 0.3) is 5.95 Å². The lowest BCUT2D eigenvalue weighted by Crippen LogP contribution is -2.19. The van der Waals surface area contributed by atoms with Crippen molar-refractivity contribution in [3.05, 3.63) is 71.8 Å². The molecule has 0 fully saturated rings. The summed E-state index contributed by atoms with van der Waals surface area (Å²) >= 11 is 0. The van der Waals surface area contributed by atoms with Crippen molar-refractivity contribution in [2.75, 3.05) is 13.1 Å². The zero-order chi connectivity index (χ0) is 17.5. The number of aromatic nitrogens is 4. The molecule has 0 spiro atoms. The Bertz CT molecular complexity index is 821. The Morgan fingerprint density at radius 1 is 1.08 bits per heavy atom. The third-order valence-electron chi connectivity index (χ3n) is 4.01. The monoisotopic (exact) mass is 375 g/mol. The van der Waals surface area contributed by atoms with Crippen molar-refractivity contribution in [2.45, 2.75) is 26.2 Å². The van der Waals surface area contributed by atoms with Gasteiger partial charge in [-0.1, -0.05) is 12.1 Å². The number of halogens is 2. The maximum Gasteiger partial charge on any atom is 0.235 e. The maximum absolute atomic E-state index is 13.1. The fourth-order valence-corrected chi connectivity index (χ4v) is 2.68. The Hall–Kier alpha value is -2.31. The zero-order valence-corrected chi connectivity index (χ0v) is 15.5. The Balaban J connectivity index is 0.00000243. The third-order valence-corrected chi connectivity index (χ3v) is 4.01. The molecule has 0 aliphatic carbocycles. The van der Waals surface area contributed by atoms with Gasteiger partial charge < -0.3 is 5.32 Å². The molecule has 0 aliphatic rings. The van der Waals surface area contributed by atoms with Crippen molar-refractivity contribution in [3.63, 3.8) is 0 Å². The van der Waals surface area contributed by atoms with E-state index in [0.29, 0.717) is 5.95 Å². The fourth-order valence-electron chi connectivity index (χ4n) is 2.68. The Morgan fingerprint density at radius 3 is 2.73 bits per heavy atom. The van der Waals surface area contributed by atoms with Crippen molar-refractivity contribution < 1.29 is 4.39 Å². The highest BCUT2D eigenvalue weighted by Crippen LogP contribution is 2.07. The number of nitrogens with one attached hydrogen (secondary N) is 1. The topological polar surface area (TPSA) is 55.6 Å². The van der Waals surface area contributed by atoms with E-state index >= 15 is 0 Å². The minimum Gasteiger partial charge on any atom is -0.316 e. The summed E-state index contributed by atoms with van der Waals surface area (Å²) in [7, 11) is 0. The molecule has 26 heavy (non-hydrogen) atoms. The van der Waals surface area contributed by atoms with E-state index in [9.17, 15) is 4.39 Å². The molecule has 2 heterocycles. The second-order valence-electron chi connectivity index (χ2n) is 5.93. The number of hydrogen-bond donors (Lipinski definition) is 1. The molecule has 3 aromatic rings. The molecular formula is C19H23ClFN5. The standard InChI is InChI=1S/C19H22FN5.ClH/c1-15-22-12-13-25(15)19-23-11-8-18(24-19)7-10-21-9-3-5-16-4-2-6-17(20)14-16;/h2,4,6,8,11-14,21H,3,5,7,9-10H2,1H3;1H. The first-order chi connectivity index (χ1) is 12.2. The number of nitrogens with zero attached hydrogens (tertiary/aromatic N) is 4. The van der Waals surface area contributed by atoms with Crippen molar-refractivity contribution >= 4 is 12.4 Å². The van der Waals surface area contributed by atoms with E-state index in [1.165, 1.54) is 6.07 Å². The molecule has 0 atom stereocenters. The van der Waals surface area contributed by atoms with E-state index in [1.54, 1.807) is 24.5 Å². The van der Waals surface area contributed by atoms with Crippen LogP contribution in [0.5, 0.6) is 0 Å². The lowest BCUT2D eigenvalue weighted by Gasteiger charge is -2.07. The van der Waals surface area contributed by atoms with Gasteiger partial charge in [0.05, 0.1) is 0 Å². The van der Waals surface area contributed by atoms with Gasteiger partial charge in [0.15, 0.2) is 0 Å². The first-order valence-electron chi connectivity index (χ1n) is 8.50. The highest BCUT2D eigenvalue weighted by Gasteiger charge is 2.04. The van der Waals surface area contributed by atoms with Crippen LogP contribution in [-0.2, 0) is 12.8 Å². The zero-order valence-electron chi connectivity index (χ0n) is 14.7. The third kappa shape index (κ3) is 5.61. The van der Waals surface area contributed by atoms with Gasteiger partial charge in [0.25, 0.3) is 0 Å². The summed E-state index contributed by atoms with van der Waals surface area (Å²) in [5.74, 6) is 1.35. The molecule has 0 saturated heterocycles. The quantitative estimate of drug-likeness (QED) is 0.614. The molecule has 5 nitrogen and oxygen atoms in total. The molecule has 7 heteroatoms. The van der Waals surface area contributed by atoms with Crippen molar-refractivity contribution in [1.29, 1.82) is 0 Å². The number of hydrogen-bond acceptors (Lipinski definition) is 4. The summed E-state index contributed by atoms with van der Waals surface area (Å²) in [5, 5.41) is 3.41. The van der Waals surface area contributed by atoms with Gasteiger partial charge in [0.2, 0.25) is 5.95 Å². The van der Waals surface area contributed by atoms with Crippen LogP contribution in [0.2, 0.25) is 0 Å². The van der Waals surface area contributed by atoms with Crippen LogP contribution in [-0.4, -0.2) is 32.6 Å². The highest BCUT2D eigenvalue weighted by molar-refractivity contribution is 5.85. The van der Waals surface area contributed by atoms with Crippen LogP contribution in [0.4, 0.5) is 4.39 Å². The molecule has 0 radical (unpaired) electrons. The Morgan fingerprint density at radius 2 is 1.96 bits per heavy atom. The molecular weight excluding hydrogens is 353 g/mol. The molecule has 3 rings (SSSR count). The number of rotatable bonds is 8. The van der Waals surface area contributed by atoms with Crippen LogP contribution < -0.4 is 5.32 Å². The average Bonchev–Trinajstić information content (AvgIpc) is 3.04. The van der Waals surface area contributed by atoms with E-state index in [4.69, 9.17) is 0 Å². The van der Waals surface area contributed by atoms with Gasteiger partial charge in [-0.2, -0.15) is 0 Å². The van der Waals surface area contributed by atoms with E-state index in [0.717, 1.165) is 49.4 Å². The van der Waals surface area contributed by atoms with E-state index in [1.807, 2.05) is 29.8 Å². The van der Waals surface area contributed by atoms with Crippen LogP contribution in [0.15, 0.2) is 48.9 Å². The van der Waals surface area contributed by atoms with Crippen molar-refractivity contribution in [2.24, 2.45) is 0 Å². The van der Waals surface area contributed by atoms with Crippen LogP contribution in [0.3, 0.4) is 0 Å². The molecule has 0 saturated carbocycles. The predicted molar refractivity (Wildman–Crippen MR) is 102 cm³/mol. The molecule has 2 aromatic heterocycles. The van der Waals surface area contributed by atoms with E-state index in [2.05, 4.69) is 20.3 Å². The normalized spacial score (nSPS) is 10.5. The first kappa shape index (κ1) is 20.0.